The van der Waals surface area contributed by atoms with Crippen LogP contribution < -0.4 is 10.1 Å². The lowest BCUT2D eigenvalue weighted by Crippen LogP contribution is -1.99. The van der Waals surface area contributed by atoms with E-state index < -0.39 is 0 Å². The van der Waals surface area contributed by atoms with Gasteiger partial charge in [-0.05, 0) is 50.2 Å². The van der Waals surface area contributed by atoms with Gasteiger partial charge >= 0.3 is 0 Å². The van der Waals surface area contributed by atoms with Crippen molar-refractivity contribution < 1.29 is 4.74 Å². The molecule has 0 aliphatic rings. The lowest BCUT2D eigenvalue weighted by molar-refractivity contribution is 0.483. The van der Waals surface area contributed by atoms with Gasteiger partial charge in [0.25, 0.3) is 0 Å². The normalized spacial score (nSPS) is 10.1. The average Bonchev–Trinajstić information content (AvgIpc) is 2.70. The zero-order valence-electron chi connectivity index (χ0n) is 16.3. The van der Waals surface area contributed by atoms with Crippen LogP contribution in [0, 0.1) is 13.8 Å². The van der Waals surface area contributed by atoms with Crippen LogP contribution in [0.3, 0.4) is 0 Å². The Balaban J connectivity index is 0.00000240. The van der Waals surface area contributed by atoms with Crippen molar-refractivity contribution >= 4 is 23.9 Å². The zero-order valence-corrected chi connectivity index (χ0v) is 17.1. The third-order valence-electron chi connectivity index (χ3n) is 4.29. The largest absolute Gasteiger partial charge is 0.457 e. The van der Waals surface area contributed by atoms with E-state index in [1.807, 2.05) is 67.6 Å². The summed E-state index contributed by atoms with van der Waals surface area (Å²) in [4.78, 5) is 9.07. The summed E-state index contributed by atoms with van der Waals surface area (Å²) >= 11 is 0. The van der Waals surface area contributed by atoms with Gasteiger partial charge in [0, 0.05) is 17.3 Å². The molecule has 4 nitrogen and oxygen atoms in total. The summed E-state index contributed by atoms with van der Waals surface area (Å²) in [5.41, 5.74) is 4.14. The van der Waals surface area contributed by atoms with Crippen molar-refractivity contribution in [3.8, 4) is 22.8 Å². The van der Waals surface area contributed by atoms with Crippen LogP contribution in [0.4, 0.5) is 11.5 Å². The first-order chi connectivity index (χ1) is 13.7. The Labute approximate surface area is 177 Å². The van der Waals surface area contributed by atoms with Crippen LogP contribution in [0.2, 0.25) is 0 Å². The first-order valence-electron chi connectivity index (χ1n) is 9.18. The third kappa shape index (κ3) is 5.33. The van der Waals surface area contributed by atoms with Gasteiger partial charge in [0.2, 0.25) is 0 Å². The molecular weight excluding hydrogens is 382 g/mol. The summed E-state index contributed by atoms with van der Waals surface area (Å²) in [7, 11) is 0. The van der Waals surface area contributed by atoms with Crippen molar-refractivity contribution in [2.24, 2.45) is 0 Å². The third-order valence-corrected chi connectivity index (χ3v) is 4.29. The highest BCUT2D eigenvalue weighted by Crippen LogP contribution is 2.25. The Morgan fingerprint density at radius 1 is 0.724 bits per heavy atom. The van der Waals surface area contributed by atoms with E-state index in [1.54, 1.807) is 0 Å². The smallest absolute Gasteiger partial charge is 0.134 e. The molecule has 0 amide bonds. The predicted molar refractivity (Wildman–Crippen MR) is 120 cm³/mol. The van der Waals surface area contributed by atoms with Gasteiger partial charge in [-0.25, -0.2) is 9.97 Å². The molecule has 0 bridgehead atoms. The van der Waals surface area contributed by atoms with Gasteiger partial charge in [0.15, 0.2) is 0 Å². The van der Waals surface area contributed by atoms with Crippen LogP contribution in [0.1, 0.15) is 11.4 Å². The molecule has 4 aromatic rings. The first kappa shape index (κ1) is 20.4. The number of nitrogens with zero attached hydrogens (tertiary/aromatic N) is 2. The van der Waals surface area contributed by atoms with Gasteiger partial charge < -0.3 is 10.1 Å². The summed E-state index contributed by atoms with van der Waals surface area (Å²) in [6.07, 6.45) is 0. The molecule has 0 unspecified atom stereocenters. The number of benzene rings is 3. The molecule has 0 saturated carbocycles. The first-order valence-corrected chi connectivity index (χ1v) is 9.18. The van der Waals surface area contributed by atoms with E-state index in [-0.39, 0.29) is 12.4 Å². The van der Waals surface area contributed by atoms with E-state index >= 15 is 0 Å². The number of hydrogen-bond donors (Lipinski definition) is 1. The molecule has 0 fully saturated rings. The molecule has 3 aromatic carbocycles. The minimum atomic E-state index is 0. The molecule has 0 spiro atoms. The van der Waals surface area contributed by atoms with E-state index in [4.69, 9.17) is 4.74 Å². The summed E-state index contributed by atoms with van der Waals surface area (Å²) < 4.78 is 5.84. The van der Waals surface area contributed by atoms with E-state index in [0.717, 1.165) is 40.1 Å². The van der Waals surface area contributed by atoms with Crippen LogP contribution in [-0.2, 0) is 0 Å². The fraction of sp³-hybridized carbons (Fsp3) is 0.0833. The molecular formula is C24H22ClN3O. The molecule has 1 heterocycles. The second-order valence-corrected chi connectivity index (χ2v) is 6.62. The maximum absolute atomic E-state index is 5.84. The number of aryl methyl sites for hydroxylation is 2. The lowest BCUT2D eigenvalue weighted by Gasteiger charge is -2.10. The van der Waals surface area contributed by atoms with Gasteiger partial charge in [-0.2, -0.15) is 0 Å². The van der Waals surface area contributed by atoms with Crippen LogP contribution >= 0.6 is 12.4 Å². The monoisotopic (exact) mass is 403 g/mol. The van der Waals surface area contributed by atoms with E-state index in [1.165, 1.54) is 5.56 Å². The standard InChI is InChI=1S/C24H21N3O.ClH/c1-17-8-10-19(11-9-17)23-16-24(26-18(2)25-23)27-20-12-14-22(15-13-20)28-21-6-4-3-5-7-21;/h3-16H,1-2H3,(H,25,26,27);1H. The quantitative estimate of drug-likeness (QED) is 0.402. The van der Waals surface area contributed by atoms with Crippen molar-refractivity contribution in [2.45, 2.75) is 13.8 Å². The number of hydrogen-bond acceptors (Lipinski definition) is 4. The summed E-state index contributed by atoms with van der Waals surface area (Å²) in [6.45, 7) is 3.98. The number of nitrogens with one attached hydrogen (secondary N) is 1. The second-order valence-electron chi connectivity index (χ2n) is 6.62. The fourth-order valence-electron chi connectivity index (χ4n) is 2.88. The maximum atomic E-state index is 5.84. The highest BCUT2D eigenvalue weighted by atomic mass is 35.5. The van der Waals surface area contributed by atoms with Gasteiger partial charge in [-0.3, -0.25) is 0 Å². The Morgan fingerprint density at radius 2 is 1.38 bits per heavy atom. The molecule has 5 heteroatoms. The molecule has 4 rings (SSSR count). The SMILES string of the molecule is Cc1ccc(-c2cc(Nc3ccc(Oc4ccccc4)cc3)nc(C)n2)cc1.Cl. The Morgan fingerprint density at radius 3 is 2.07 bits per heavy atom. The number of anilines is 2. The molecule has 0 aliphatic heterocycles. The highest BCUT2D eigenvalue weighted by molar-refractivity contribution is 5.85. The summed E-state index contributed by atoms with van der Waals surface area (Å²) in [5, 5.41) is 3.35. The van der Waals surface area contributed by atoms with Crippen LogP contribution in [0.25, 0.3) is 11.3 Å². The molecule has 0 saturated heterocycles. The van der Waals surface area contributed by atoms with E-state index in [0.29, 0.717) is 0 Å². The topological polar surface area (TPSA) is 47.0 Å². The number of para-hydroxylation sites is 1. The fourth-order valence-corrected chi connectivity index (χ4v) is 2.88. The Hall–Kier alpha value is -3.37. The minimum absolute atomic E-state index is 0. The number of halogens is 1. The van der Waals surface area contributed by atoms with E-state index in [2.05, 4.69) is 46.5 Å². The molecule has 1 aromatic heterocycles. The summed E-state index contributed by atoms with van der Waals surface area (Å²) in [5.74, 6) is 3.10. The van der Waals surface area contributed by atoms with Gasteiger partial charge in [0.1, 0.15) is 23.1 Å². The van der Waals surface area contributed by atoms with Gasteiger partial charge in [0.05, 0.1) is 5.69 Å². The van der Waals surface area contributed by atoms with Crippen LogP contribution in [0.15, 0.2) is 84.9 Å². The number of ether oxygens (including phenoxy) is 1. The maximum Gasteiger partial charge on any atom is 0.134 e. The highest BCUT2D eigenvalue weighted by Gasteiger charge is 2.06. The van der Waals surface area contributed by atoms with Crippen LogP contribution in [-0.4, -0.2) is 9.97 Å². The van der Waals surface area contributed by atoms with Crippen LogP contribution in [0.5, 0.6) is 11.5 Å². The van der Waals surface area contributed by atoms with E-state index in [9.17, 15) is 0 Å². The zero-order chi connectivity index (χ0) is 19.3. The van der Waals surface area contributed by atoms with Crippen molar-refractivity contribution in [3.05, 3.63) is 96.3 Å². The minimum Gasteiger partial charge on any atom is -0.457 e. The lowest BCUT2D eigenvalue weighted by atomic mass is 10.1. The average molecular weight is 404 g/mol. The van der Waals surface area contributed by atoms with Crippen molar-refractivity contribution in [3.63, 3.8) is 0 Å². The summed E-state index contributed by atoms with van der Waals surface area (Å²) in [6, 6.07) is 27.9. The molecule has 0 radical (unpaired) electrons. The Kier molecular flexibility index (Phi) is 6.47. The second kappa shape index (κ2) is 9.22. The van der Waals surface area contributed by atoms with Crippen molar-refractivity contribution in [1.29, 1.82) is 0 Å². The Bertz CT molecular complexity index is 1070. The number of aromatic nitrogens is 2. The van der Waals surface area contributed by atoms with Crippen molar-refractivity contribution in [1.82, 2.24) is 9.97 Å². The molecule has 1 N–H and O–H groups in total. The van der Waals surface area contributed by atoms with Gasteiger partial charge in [-0.15, -0.1) is 12.4 Å². The molecule has 29 heavy (non-hydrogen) atoms. The predicted octanol–water partition coefficient (Wildman–Crippen LogP) is 6.72. The van der Waals surface area contributed by atoms with Gasteiger partial charge in [-0.1, -0.05) is 48.0 Å². The van der Waals surface area contributed by atoms with Crippen molar-refractivity contribution in [2.75, 3.05) is 5.32 Å². The molecule has 146 valence electrons. The molecule has 0 atom stereocenters. The number of rotatable bonds is 5. The molecule has 0 aliphatic carbocycles.